The van der Waals surface area contributed by atoms with Gasteiger partial charge in [-0.1, -0.05) is 19.9 Å². The van der Waals surface area contributed by atoms with Gasteiger partial charge in [-0.2, -0.15) is 0 Å². The van der Waals surface area contributed by atoms with Crippen LogP contribution in [0.4, 0.5) is 4.79 Å². The predicted octanol–water partition coefficient (Wildman–Crippen LogP) is 0.366. The summed E-state index contributed by atoms with van der Waals surface area (Å²) in [5.41, 5.74) is -0.200. The normalized spacial score (nSPS) is 32.6. The van der Waals surface area contributed by atoms with Crippen LogP contribution in [-0.4, -0.2) is 11.9 Å². The van der Waals surface area contributed by atoms with Gasteiger partial charge in [0.2, 0.25) is 0 Å². The Bertz CT molecular complexity index is 345. The molecule has 0 radical (unpaired) electrons. The van der Waals surface area contributed by atoms with Crippen LogP contribution in [0.2, 0.25) is 0 Å². The monoisotopic (exact) mass is 159 g/mol. The van der Waals surface area contributed by atoms with Gasteiger partial charge >= 0.3 is 6.03 Å². The lowest BCUT2D eigenvalue weighted by Gasteiger charge is -1.95. The molecule has 1 heterocycles. The Labute approximate surface area is 70.3 Å². The minimum absolute atomic E-state index is 0.200. The number of imide groups is 1. The smallest absolute Gasteiger partial charge is 0.303 e. The molecule has 1 rings (SSSR count). The molecule has 0 saturated carbocycles. The second kappa shape index (κ2) is 2.74. The Kier molecular flexibility index (Phi) is 0.969. The summed E-state index contributed by atoms with van der Waals surface area (Å²) in [7, 11) is 0. The lowest BCUT2D eigenvalue weighted by atomic mass is 10.2. The van der Waals surface area contributed by atoms with E-state index in [4.69, 9.17) is 5.48 Å². The van der Waals surface area contributed by atoms with Gasteiger partial charge in [0.1, 0.15) is 5.70 Å². The van der Waals surface area contributed by atoms with Crippen molar-refractivity contribution in [3.63, 3.8) is 0 Å². The van der Waals surface area contributed by atoms with Crippen LogP contribution in [0, 0.1) is 5.89 Å². The molecule has 4 heteroatoms. The van der Waals surface area contributed by atoms with E-state index >= 15 is 0 Å². The van der Waals surface area contributed by atoms with Crippen LogP contribution in [-0.2, 0) is 4.79 Å². The predicted molar refractivity (Wildman–Crippen MR) is 39.6 cm³/mol. The fraction of sp³-hybridized carbons (Fsp3) is 0.429. The van der Waals surface area contributed by atoms with Crippen molar-refractivity contribution in [2.45, 2.75) is 13.8 Å². The molecule has 1 aliphatic rings. The summed E-state index contributed by atoms with van der Waals surface area (Å²) in [4.78, 5) is 21.8. The zero-order valence-electron chi connectivity index (χ0n) is 9.89. The maximum atomic E-state index is 11.1. The number of hydrogen-bond acceptors (Lipinski definition) is 2. The Morgan fingerprint density at radius 2 is 2.36 bits per heavy atom. The molecule has 0 aromatic heterocycles. The van der Waals surface area contributed by atoms with Crippen molar-refractivity contribution in [1.82, 2.24) is 10.6 Å². The van der Waals surface area contributed by atoms with E-state index in [2.05, 4.69) is 5.32 Å². The number of hydrogen-bond donors (Lipinski definition) is 2. The molecule has 0 bridgehead atoms. The molecule has 3 amide bonds. The van der Waals surface area contributed by atoms with Crippen molar-refractivity contribution in [3.05, 3.63) is 11.8 Å². The van der Waals surface area contributed by atoms with E-state index in [1.54, 1.807) is 0 Å². The fourth-order valence-corrected chi connectivity index (χ4v) is 0.699. The molecule has 1 saturated heterocycles. The molecule has 0 spiro atoms. The van der Waals surface area contributed by atoms with E-state index in [0.717, 1.165) is 13.0 Å². The van der Waals surface area contributed by atoms with E-state index in [0.29, 0.717) is 0 Å². The summed E-state index contributed by atoms with van der Waals surface area (Å²) >= 11 is 0. The number of carbonyl (C=O) groups excluding carboxylic acids is 2. The zero-order chi connectivity index (χ0) is 11.9. The number of urea groups is 1. The van der Waals surface area contributed by atoms with Gasteiger partial charge in [0.25, 0.3) is 5.91 Å². The third-order valence-electron chi connectivity index (χ3n) is 1.08. The van der Waals surface area contributed by atoms with Gasteiger partial charge in [-0.05, 0) is 5.89 Å². The molecular weight excluding hydrogens is 145 g/mol. The highest BCUT2D eigenvalue weighted by atomic mass is 16.2. The first-order valence-electron chi connectivity index (χ1n) is 4.99. The highest BCUT2D eigenvalue weighted by Gasteiger charge is 2.22. The molecule has 0 aliphatic carbocycles. The SMILES string of the molecule is [2H]C([2H])([2H])C([2H])([13CH3])/C=C1\NC(=O)NC1=O. The maximum Gasteiger partial charge on any atom is 0.326 e. The van der Waals surface area contributed by atoms with Crippen molar-refractivity contribution >= 4 is 11.9 Å². The van der Waals surface area contributed by atoms with Gasteiger partial charge in [0, 0.05) is 5.48 Å². The van der Waals surface area contributed by atoms with E-state index < -0.39 is 24.7 Å². The summed E-state index contributed by atoms with van der Waals surface area (Å²) in [5.74, 6) is -2.64. The fourth-order valence-electron chi connectivity index (χ4n) is 0.699. The minimum Gasteiger partial charge on any atom is -0.303 e. The van der Waals surface area contributed by atoms with Crippen LogP contribution >= 0.6 is 0 Å². The molecule has 2 N–H and O–H groups in total. The topological polar surface area (TPSA) is 58.2 Å². The van der Waals surface area contributed by atoms with Crippen molar-refractivity contribution in [2.75, 3.05) is 0 Å². The van der Waals surface area contributed by atoms with Crippen molar-refractivity contribution in [1.29, 1.82) is 0 Å². The van der Waals surface area contributed by atoms with Crippen LogP contribution < -0.4 is 10.6 Å². The minimum atomic E-state index is -2.56. The van der Waals surface area contributed by atoms with Gasteiger partial charge in [0.05, 0.1) is 0 Å². The number of carbonyl (C=O) groups is 2. The molecule has 1 unspecified atom stereocenters. The van der Waals surface area contributed by atoms with Crippen LogP contribution in [0.1, 0.15) is 19.3 Å². The van der Waals surface area contributed by atoms with Gasteiger partial charge in [0.15, 0.2) is 0 Å². The molecule has 11 heavy (non-hydrogen) atoms. The van der Waals surface area contributed by atoms with Crippen LogP contribution in [0.15, 0.2) is 11.8 Å². The van der Waals surface area contributed by atoms with Crippen molar-refractivity contribution in [3.8, 4) is 0 Å². The second-order valence-electron chi connectivity index (χ2n) is 2.15. The highest BCUT2D eigenvalue weighted by Crippen LogP contribution is 2.02. The van der Waals surface area contributed by atoms with E-state index in [-0.39, 0.29) is 5.70 Å². The molecule has 60 valence electrons. The molecule has 1 aliphatic heterocycles. The van der Waals surface area contributed by atoms with Crippen LogP contribution in [0.5, 0.6) is 0 Å². The summed E-state index contributed by atoms with van der Waals surface area (Å²) < 4.78 is 28.7. The average Bonchev–Trinajstić information content (AvgIpc) is 2.26. The Morgan fingerprint density at radius 1 is 1.64 bits per heavy atom. The highest BCUT2D eigenvalue weighted by molar-refractivity contribution is 6.11. The standard InChI is InChI=1S/C7H10N2O2/c1-4(2)3-5-6(10)9-7(11)8-5/h3-4H,1-2H3,(H2,8,9,10,11)/b5-3-/i1D3,2+1,4D. The first kappa shape index (κ1) is 3.90. The summed E-state index contributed by atoms with van der Waals surface area (Å²) in [6, 6.07) is -0.715. The Morgan fingerprint density at radius 3 is 2.82 bits per heavy atom. The van der Waals surface area contributed by atoms with Crippen LogP contribution in [0.3, 0.4) is 0 Å². The quantitative estimate of drug-likeness (QED) is 0.330. The Balaban J connectivity index is 2.97. The number of nitrogens with one attached hydrogen (secondary N) is 2. The van der Waals surface area contributed by atoms with Crippen molar-refractivity contribution < 1.29 is 15.1 Å². The average molecular weight is 159 g/mol. The zero-order valence-corrected chi connectivity index (χ0v) is 5.89. The molecule has 0 aromatic carbocycles. The summed E-state index contributed by atoms with van der Waals surface area (Å²) in [5, 5.41) is 4.04. The summed E-state index contributed by atoms with van der Waals surface area (Å²) in [6.07, 6.45) is 0.917. The first-order chi connectivity index (χ1) is 6.63. The van der Waals surface area contributed by atoms with Gasteiger partial charge < -0.3 is 5.32 Å². The third-order valence-corrected chi connectivity index (χ3v) is 1.08. The van der Waals surface area contributed by atoms with Crippen molar-refractivity contribution in [2.24, 2.45) is 5.89 Å². The molecule has 4 nitrogen and oxygen atoms in total. The van der Waals surface area contributed by atoms with E-state index in [1.165, 1.54) is 0 Å². The lowest BCUT2D eigenvalue weighted by Crippen LogP contribution is -2.22. The van der Waals surface area contributed by atoms with E-state index in [1.807, 2.05) is 5.32 Å². The van der Waals surface area contributed by atoms with E-state index in [9.17, 15) is 9.59 Å². The summed E-state index contributed by atoms with van der Waals surface area (Å²) in [6.45, 7) is -1.42. The number of rotatable bonds is 1. The lowest BCUT2D eigenvalue weighted by molar-refractivity contribution is -0.115. The maximum absolute atomic E-state index is 11.1. The van der Waals surface area contributed by atoms with Gasteiger partial charge in [-0.15, -0.1) is 0 Å². The second-order valence-corrected chi connectivity index (χ2v) is 2.15. The van der Waals surface area contributed by atoms with Gasteiger partial charge in [-0.3, -0.25) is 10.1 Å². The molecule has 0 aromatic rings. The largest absolute Gasteiger partial charge is 0.326 e. The molecular formula is C7H10N2O2. The molecule has 1 atom stereocenters. The number of amides is 3. The Hall–Kier alpha value is -1.32. The molecule has 1 fully saturated rings. The number of allylic oxidation sites excluding steroid dienone is 1. The van der Waals surface area contributed by atoms with Gasteiger partial charge in [-0.25, -0.2) is 4.79 Å². The first-order valence-corrected chi connectivity index (χ1v) is 2.99. The van der Waals surface area contributed by atoms with Crippen LogP contribution in [0.25, 0.3) is 0 Å². The third kappa shape index (κ3) is 1.80.